The zero-order valence-corrected chi connectivity index (χ0v) is 16.9. The van der Waals surface area contributed by atoms with Crippen LogP contribution in [0.2, 0.25) is 0 Å². The van der Waals surface area contributed by atoms with E-state index in [0.29, 0.717) is 18.8 Å². The Morgan fingerprint density at radius 3 is 2.43 bits per heavy atom. The second kappa shape index (κ2) is 10.3. The minimum atomic E-state index is 0.377. The van der Waals surface area contributed by atoms with E-state index >= 15 is 0 Å². The van der Waals surface area contributed by atoms with Gasteiger partial charge in [-0.2, -0.15) is 0 Å². The summed E-state index contributed by atoms with van der Waals surface area (Å²) in [6.45, 7) is 9.85. The third kappa shape index (κ3) is 5.48. The summed E-state index contributed by atoms with van der Waals surface area (Å²) in [7, 11) is 0. The molecule has 3 fully saturated rings. The van der Waals surface area contributed by atoms with Crippen LogP contribution in [-0.4, -0.2) is 87.6 Å². The molecule has 1 atom stereocenters. The van der Waals surface area contributed by atoms with Gasteiger partial charge in [0.2, 0.25) is 0 Å². The molecule has 0 radical (unpaired) electrons. The van der Waals surface area contributed by atoms with Crippen LogP contribution < -0.4 is 4.90 Å². The molecule has 1 unspecified atom stereocenters. The van der Waals surface area contributed by atoms with Crippen molar-refractivity contribution in [2.24, 2.45) is 0 Å². The van der Waals surface area contributed by atoms with E-state index < -0.39 is 0 Å². The van der Waals surface area contributed by atoms with E-state index in [1.807, 2.05) is 0 Å². The molecule has 0 bridgehead atoms. The van der Waals surface area contributed by atoms with Gasteiger partial charge < -0.3 is 14.4 Å². The van der Waals surface area contributed by atoms with E-state index in [9.17, 15) is 0 Å². The summed E-state index contributed by atoms with van der Waals surface area (Å²) >= 11 is 0. The number of ether oxygens (including phenoxy) is 2. The first-order valence-electron chi connectivity index (χ1n) is 10.8. The number of hydrogen-bond acceptors (Lipinski definition) is 5. The quantitative estimate of drug-likeness (QED) is 0.726. The monoisotopic (exact) mass is 383 g/mol. The van der Waals surface area contributed by atoms with E-state index in [1.165, 1.54) is 12.1 Å². The number of benzene rings is 1. The van der Waals surface area contributed by atoms with E-state index in [-0.39, 0.29) is 0 Å². The minimum Gasteiger partial charge on any atom is -0.380 e. The van der Waals surface area contributed by atoms with E-state index in [1.54, 1.807) is 0 Å². The molecule has 3 heterocycles. The van der Waals surface area contributed by atoms with Crippen molar-refractivity contribution in [3.63, 3.8) is 0 Å². The molecule has 0 amide bonds. The molecule has 3 aliphatic heterocycles. The molecule has 1 aromatic carbocycles. The van der Waals surface area contributed by atoms with Gasteiger partial charge in [0.05, 0.1) is 19.3 Å². The Labute approximate surface area is 169 Å². The van der Waals surface area contributed by atoms with Gasteiger partial charge in [0, 0.05) is 57.6 Å². The van der Waals surface area contributed by atoms with Gasteiger partial charge in [0.25, 0.3) is 0 Å². The second-order valence-electron chi connectivity index (χ2n) is 8.02. The third-order valence-corrected chi connectivity index (χ3v) is 6.21. The smallest absolute Gasteiger partial charge is 0.108 e. The highest BCUT2D eigenvalue weighted by Gasteiger charge is 2.27. The fourth-order valence-corrected chi connectivity index (χ4v) is 4.40. The summed E-state index contributed by atoms with van der Waals surface area (Å²) in [5, 5.41) is 0. The Bertz CT molecular complexity index is 635. The predicted octanol–water partition coefficient (Wildman–Crippen LogP) is 2.08. The van der Waals surface area contributed by atoms with Crippen molar-refractivity contribution in [3.05, 3.63) is 30.3 Å². The highest BCUT2D eigenvalue weighted by molar-refractivity contribution is 5.46. The van der Waals surface area contributed by atoms with Gasteiger partial charge >= 0.3 is 0 Å². The highest BCUT2D eigenvalue weighted by atomic mass is 16.5. The molecule has 5 heteroatoms. The Balaban J connectivity index is 1.09. The molecule has 3 aliphatic rings. The van der Waals surface area contributed by atoms with Crippen LogP contribution in [0.4, 0.5) is 5.69 Å². The van der Waals surface area contributed by atoms with Gasteiger partial charge in [-0.05, 0) is 31.4 Å². The van der Waals surface area contributed by atoms with Crippen LogP contribution in [0.3, 0.4) is 0 Å². The van der Waals surface area contributed by atoms with Gasteiger partial charge in [-0.25, -0.2) is 0 Å². The van der Waals surface area contributed by atoms with Gasteiger partial charge in [0.1, 0.15) is 6.61 Å². The first-order valence-corrected chi connectivity index (χ1v) is 10.8. The molecule has 5 nitrogen and oxygen atoms in total. The summed E-state index contributed by atoms with van der Waals surface area (Å²) in [6.07, 6.45) is 3.82. The zero-order chi connectivity index (χ0) is 19.0. The van der Waals surface area contributed by atoms with Gasteiger partial charge in [-0.1, -0.05) is 30.0 Å². The standard InChI is InChI=1S/C23H33N3O2/c1-2-6-21(7-3-1)26-16-14-24(15-17-26)11-4-5-18-28-23-8-12-25(13-9-23)22-10-19-27-20-22/h1-3,6-7,22-23H,8-20H2. The molecule has 0 aliphatic carbocycles. The molecular weight excluding hydrogens is 350 g/mol. The van der Waals surface area contributed by atoms with Crippen LogP contribution in [0, 0.1) is 11.8 Å². The van der Waals surface area contributed by atoms with Crippen molar-refractivity contribution >= 4 is 5.69 Å². The molecule has 4 rings (SSSR count). The molecule has 28 heavy (non-hydrogen) atoms. The van der Waals surface area contributed by atoms with Crippen molar-refractivity contribution in [1.82, 2.24) is 9.80 Å². The van der Waals surface area contributed by atoms with E-state index in [0.717, 1.165) is 71.9 Å². The van der Waals surface area contributed by atoms with Crippen molar-refractivity contribution < 1.29 is 9.47 Å². The topological polar surface area (TPSA) is 28.2 Å². The lowest BCUT2D eigenvalue weighted by molar-refractivity contribution is 0.0115. The largest absolute Gasteiger partial charge is 0.380 e. The first-order chi connectivity index (χ1) is 13.9. The lowest BCUT2D eigenvalue weighted by Crippen LogP contribution is -2.46. The predicted molar refractivity (Wildman–Crippen MR) is 113 cm³/mol. The van der Waals surface area contributed by atoms with Gasteiger partial charge in [0.15, 0.2) is 0 Å². The summed E-state index contributed by atoms with van der Waals surface area (Å²) in [5.74, 6) is 6.54. The van der Waals surface area contributed by atoms with Crippen LogP contribution >= 0.6 is 0 Å². The van der Waals surface area contributed by atoms with Crippen LogP contribution in [0.15, 0.2) is 30.3 Å². The van der Waals surface area contributed by atoms with Crippen molar-refractivity contribution in [3.8, 4) is 11.8 Å². The Kier molecular flexibility index (Phi) is 7.23. The third-order valence-electron chi connectivity index (χ3n) is 6.21. The van der Waals surface area contributed by atoms with Crippen LogP contribution in [0.1, 0.15) is 19.3 Å². The van der Waals surface area contributed by atoms with E-state index in [2.05, 4.69) is 56.9 Å². The zero-order valence-electron chi connectivity index (χ0n) is 16.9. The summed E-state index contributed by atoms with van der Waals surface area (Å²) < 4.78 is 11.5. The van der Waals surface area contributed by atoms with Crippen molar-refractivity contribution in [2.45, 2.75) is 31.4 Å². The van der Waals surface area contributed by atoms with Crippen LogP contribution in [0.25, 0.3) is 0 Å². The highest BCUT2D eigenvalue weighted by Crippen LogP contribution is 2.20. The molecule has 0 N–H and O–H groups in total. The molecule has 0 aromatic heterocycles. The maximum absolute atomic E-state index is 6.00. The Morgan fingerprint density at radius 2 is 1.71 bits per heavy atom. The van der Waals surface area contributed by atoms with Crippen LogP contribution in [-0.2, 0) is 9.47 Å². The number of rotatable bonds is 5. The molecule has 152 valence electrons. The van der Waals surface area contributed by atoms with Crippen LogP contribution in [0.5, 0.6) is 0 Å². The normalized spacial score (nSPS) is 24.9. The average Bonchev–Trinajstić information content (AvgIpc) is 3.30. The lowest BCUT2D eigenvalue weighted by atomic mass is 10.1. The number of nitrogens with zero attached hydrogens (tertiary/aromatic N) is 3. The summed E-state index contributed by atoms with van der Waals surface area (Å²) in [6, 6.07) is 11.3. The first kappa shape index (κ1) is 19.7. The molecular formula is C23H33N3O2. The number of piperidine rings is 1. The molecule has 3 saturated heterocycles. The Hall–Kier alpha value is -1.58. The minimum absolute atomic E-state index is 0.377. The summed E-state index contributed by atoms with van der Waals surface area (Å²) in [5.41, 5.74) is 1.33. The number of para-hydroxylation sites is 1. The SMILES string of the molecule is C(#CCN1CCN(c2ccccc2)CC1)COC1CCN(C2CCOC2)CC1. The lowest BCUT2D eigenvalue weighted by Gasteiger charge is -2.35. The Morgan fingerprint density at radius 1 is 0.929 bits per heavy atom. The maximum Gasteiger partial charge on any atom is 0.108 e. The number of piperazine rings is 1. The molecule has 0 spiro atoms. The molecule has 0 saturated carbocycles. The van der Waals surface area contributed by atoms with Crippen molar-refractivity contribution in [2.75, 3.05) is 70.5 Å². The van der Waals surface area contributed by atoms with Gasteiger partial charge in [-0.3, -0.25) is 9.80 Å². The number of anilines is 1. The maximum atomic E-state index is 6.00. The number of hydrogen-bond donors (Lipinski definition) is 0. The van der Waals surface area contributed by atoms with E-state index in [4.69, 9.17) is 9.47 Å². The molecule has 1 aromatic rings. The second-order valence-corrected chi connectivity index (χ2v) is 8.02. The average molecular weight is 384 g/mol. The number of likely N-dealkylation sites (tertiary alicyclic amines) is 1. The van der Waals surface area contributed by atoms with Crippen molar-refractivity contribution in [1.29, 1.82) is 0 Å². The van der Waals surface area contributed by atoms with Gasteiger partial charge in [-0.15, -0.1) is 0 Å². The summed E-state index contributed by atoms with van der Waals surface area (Å²) in [4.78, 5) is 7.47. The fourth-order valence-electron chi connectivity index (χ4n) is 4.40. The fraction of sp³-hybridized carbons (Fsp3) is 0.652.